The first-order valence-corrected chi connectivity index (χ1v) is 9.19. The van der Waals surface area contributed by atoms with Crippen LogP contribution in [0.2, 0.25) is 0 Å². The van der Waals surface area contributed by atoms with Crippen LogP contribution in [0.3, 0.4) is 0 Å². The lowest BCUT2D eigenvalue weighted by molar-refractivity contribution is 0.870. The fraction of sp³-hybridized carbons (Fsp3) is 0.0417. The molecule has 0 aliphatic carbocycles. The van der Waals surface area contributed by atoms with Gasteiger partial charge in [-0.1, -0.05) is 54.6 Å². The molecule has 5 aromatic rings. The number of aromatic nitrogens is 1. The molecule has 134 valence electrons. The number of amidine groups is 1. The van der Waals surface area contributed by atoms with Crippen molar-refractivity contribution in [2.45, 2.75) is 6.54 Å². The number of hydrogen-bond donors (Lipinski definition) is 2. The van der Waals surface area contributed by atoms with Gasteiger partial charge in [0.25, 0.3) is 0 Å². The van der Waals surface area contributed by atoms with Crippen LogP contribution in [-0.4, -0.2) is 10.4 Å². The molecule has 1 aromatic heterocycles. The minimum absolute atomic E-state index is 0.0201. The Labute approximate surface area is 162 Å². The number of hydrogen-bond acceptors (Lipinski definition) is 2. The molecule has 0 saturated heterocycles. The van der Waals surface area contributed by atoms with Crippen molar-refractivity contribution in [1.29, 1.82) is 10.9 Å². The highest BCUT2D eigenvalue weighted by molar-refractivity contribution is 6.11. The van der Waals surface area contributed by atoms with E-state index in [-0.39, 0.29) is 5.84 Å². The van der Waals surface area contributed by atoms with Crippen molar-refractivity contribution >= 4 is 38.4 Å². The molecule has 0 atom stereocenters. The third-order valence-corrected chi connectivity index (χ3v) is 5.31. The molecule has 4 heteroatoms. The molecule has 0 saturated carbocycles. The van der Waals surface area contributed by atoms with Gasteiger partial charge in [-0.3, -0.25) is 5.41 Å². The van der Waals surface area contributed by atoms with Gasteiger partial charge < -0.3 is 4.57 Å². The molecule has 0 unspecified atom stereocenters. The van der Waals surface area contributed by atoms with Gasteiger partial charge >= 0.3 is 0 Å². The number of para-hydroxylation sites is 1. The third kappa shape index (κ3) is 2.58. The van der Waals surface area contributed by atoms with Crippen molar-refractivity contribution in [2.24, 2.45) is 5.11 Å². The topological polar surface area (TPSA) is 65.0 Å². The minimum atomic E-state index is -0.0201. The number of fused-ring (bicyclic) bond motifs is 4. The van der Waals surface area contributed by atoms with Crippen LogP contribution < -0.4 is 0 Å². The summed E-state index contributed by atoms with van der Waals surface area (Å²) in [7, 11) is 0. The summed E-state index contributed by atoms with van der Waals surface area (Å²) in [5.74, 6) is -0.0201. The Morgan fingerprint density at radius 2 is 1.50 bits per heavy atom. The van der Waals surface area contributed by atoms with Gasteiger partial charge in [0.05, 0.1) is 0 Å². The predicted molar refractivity (Wildman–Crippen MR) is 114 cm³/mol. The monoisotopic (exact) mass is 362 g/mol. The Bertz CT molecular complexity index is 1380. The second-order valence-corrected chi connectivity index (χ2v) is 6.98. The summed E-state index contributed by atoms with van der Waals surface area (Å²) >= 11 is 0. The maximum Gasteiger partial charge on any atom is 0.173 e. The van der Waals surface area contributed by atoms with E-state index in [0.29, 0.717) is 5.56 Å². The van der Waals surface area contributed by atoms with E-state index >= 15 is 0 Å². The summed E-state index contributed by atoms with van der Waals surface area (Å²) in [5, 5.41) is 15.9. The van der Waals surface area contributed by atoms with Crippen LogP contribution in [-0.2, 0) is 6.54 Å². The summed E-state index contributed by atoms with van der Waals surface area (Å²) < 4.78 is 2.32. The minimum Gasteiger partial charge on any atom is -0.336 e. The highest BCUT2D eigenvalue weighted by Crippen LogP contribution is 2.31. The van der Waals surface area contributed by atoms with Crippen LogP contribution in [0.5, 0.6) is 0 Å². The van der Waals surface area contributed by atoms with E-state index in [1.54, 1.807) is 0 Å². The Hall–Kier alpha value is -3.79. The van der Waals surface area contributed by atoms with Gasteiger partial charge in [-0.05, 0) is 46.7 Å². The van der Waals surface area contributed by atoms with Crippen molar-refractivity contribution in [2.75, 3.05) is 0 Å². The predicted octanol–water partition coefficient (Wildman–Crippen LogP) is 6.35. The van der Waals surface area contributed by atoms with Gasteiger partial charge in [0, 0.05) is 33.9 Å². The Morgan fingerprint density at radius 3 is 2.36 bits per heavy atom. The molecule has 2 N–H and O–H groups in total. The molecular formula is C24H18N4. The fourth-order valence-corrected chi connectivity index (χ4v) is 3.96. The summed E-state index contributed by atoms with van der Waals surface area (Å²) in [6, 6.07) is 29.2. The fourth-order valence-electron chi connectivity index (χ4n) is 3.96. The first-order valence-electron chi connectivity index (χ1n) is 9.19. The molecule has 0 spiro atoms. The first kappa shape index (κ1) is 16.4. The van der Waals surface area contributed by atoms with Gasteiger partial charge in [-0.15, -0.1) is 5.11 Å². The lowest BCUT2D eigenvalue weighted by Crippen LogP contribution is -2.00. The third-order valence-electron chi connectivity index (χ3n) is 5.31. The highest BCUT2D eigenvalue weighted by atomic mass is 15.0. The maximum atomic E-state index is 7.86. The van der Waals surface area contributed by atoms with Crippen LogP contribution in [0.15, 0.2) is 90.0 Å². The van der Waals surface area contributed by atoms with Gasteiger partial charge in [-0.2, -0.15) is 0 Å². The molecule has 1 heterocycles. The second-order valence-electron chi connectivity index (χ2n) is 6.98. The van der Waals surface area contributed by atoms with Crippen LogP contribution in [0.25, 0.3) is 32.6 Å². The molecule has 0 amide bonds. The molecular weight excluding hydrogens is 344 g/mol. The molecule has 0 aliphatic heterocycles. The number of nitrogens with zero attached hydrogens (tertiary/aromatic N) is 2. The summed E-state index contributed by atoms with van der Waals surface area (Å²) in [5.41, 5.74) is 11.3. The van der Waals surface area contributed by atoms with Crippen molar-refractivity contribution < 1.29 is 0 Å². The number of nitrogens with one attached hydrogen (secondary N) is 2. The standard InChI is InChI=1S/C24H18N4/c25-24(27-26)19-11-12-23-21(14-19)20-7-3-4-8-22(20)28(23)15-16-9-10-17-5-1-2-6-18(17)13-16/h1-14,25-26H,15H2. The van der Waals surface area contributed by atoms with E-state index in [9.17, 15) is 0 Å². The first-order chi connectivity index (χ1) is 13.7. The zero-order valence-electron chi connectivity index (χ0n) is 15.2. The smallest absolute Gasteiger partial charge is 0.173 e. The molecule has 0 aliphatic rings. The van der Waals surface area contributed by atoms with Crippen LogP contribution in [0.1, 0.15) is 11.1 Å². The van der Waals surface area contributed by atoms with Crippen LogP contribution in [0.4, 0.5) is 0 Å². The van der Waals surface area contributed by atoms with E-state index in [1.807, 2.05) is 24.3 Å². The largest absolute Gasteiger partial charge is 0.336 e. The molecule has 0 radical (unpaired) electrons. The lowest BCUT2D eigenvalue weighted by Gasteiger charge is -2.09. The van der Waals surface area contributed by atoms with Gasteiger partial charge in [0.2, 0.25) is 0 Å². The molecule has 5 rings (SSSR count). The molecule has 28 heavy (non-hydrogen) atoms. The van der Waals surface area contributed by atoms with E-state index in [1.165, 1.54) is 16.3 Å². The summed E-state index contributed by atoms with van der Waals surface area (Å²) in [6.07, 6.45) is 0. The summed E-state index contributed by atoms with van der Waals surface area (Å²) in [4.78, 5) is 0. The van der Waals surface area contributed by atoms with E-state index < -0.39 is 0 Å². The Balaban J connectivity index is 1.70. The van der Waals surface area contributed by atoms with E-state index in [0.717, 1.165) is 28.4 Å². The number of benzene rings is 4. The molecule has 4 nitrogen and oxygen atoms in total. The SMILES string of the molecule is N=NC(=N)c1ccc2c(c1)c1ccccc1n2Cc1ccc2ccccc2c1. The van der Waals surface area contributed by atoms with Crippen molar-refractivity contribution in [3.8, 4) is 0 Å². The van der Waals surface area contributed by atoms with Crippen molar-refractivity contribution in [3.63, 3.8) is 0 Å². The quantitative estimate of drug-likeness (QED) is 0.213. The van der Waals surface area contributed by atoms with Crippen molar-refractivity contribution in [3.05, 3.63) is 96.1 Å². The molecule has 4 aromatic carbocycles. The zero-order valence-corrected chi connectivity index (χ0v) is 15.2. The zero-order chi connectivity index (χ0) is 19.1. The van der Waals surface area contributed by atoms with Crippen molar-refractivity contribution in [1.82, 2.24) is 4.57 Å². The highest BCUT2D eigenvalue weighted by Gasteiger charge is 2.12. The summed E-state index contributed by atoms with van der Waals surface area (Å²) in [6.45, 7) is 0.772. The Kier molecular flexibility index (Phi) is 3.76. The van der Waals surface area contributed by atoms with E-state index in [4.69, 9.17) is 10.9 Å². The normalized spacial score (nSPS) is 11.3. The average molecular weight is 362 g/mol. The van der Waals surface area contributed by atoms with Gasteiger partial charge in [-0.25, -0.2) is 5.53 Å². The Morgan fingerprint density at radius 1 is 0.750 bits per heavy atom. The molecule has 0 fully saturated rings. The van der Waals surface area contributed by atoms with Crippen LogP contribution in [0, 0.1) is 10.9 Å². The van der Waals surface area contributed by atoms with E-state index in [2.05, 4.69) is 70.3 Å². The molecule has 0 bridgehead atoms. The van der Waals surface area contributed by atoms with Gasteiger partial charge in [0.1, 0.15) is 0 Å². The lowest BCUT2D eigenvalue weighted by atomic mass is 10.1. The van der Waals surface area contributed by atoms with Gasteiger partial charge in [0.15, 0.2) is 5.84 Å². The number of rotatable bonds is 3. The maximum absolute atomic E-state index is 7.86. The second kappa shape index (κ2) is 6.43. The van der Waals surface area contributed by atoms with Crippen LogP contribution >= 0.6 is 0 Å². The average Bonchev–Trinajstić information content (AvgIpc) is 3.06.